The smallest absolute Gasteiger partial charge is 0.308 e. The summed E-state index contributed by atoms with van der Waals surface area (Å²) in [5.74, 6) is -1.16. The summed E-state index contributed by atoms with van der Waals surface area (Å²) in [5, 5.41) is 9.11. The number of piperidine rings is 1. The van der Waals surface area contributed by atoms with Gasteiger partial charge in [0.15, 0.2) is 0 Å². The number of carboxylic acid groups (broad SMARTS) is 1. The third kappa shape index (κ3) is 3.84. The van der Waals surface area contributed by atoms with Crippen LogP contribution in [0.15, 0.2) is 30.3 Å². The Bertz CT molecular complexity index is 510. The van der Waals surface area contributed by atoms with Gasteiger partial charge in [-0.15, -0.1) is 0 Å². The number of carboxylic acids is 1. The summed E-state index contributed by atoms with van der Waals surface area (Å²) in [7, 11) is 0. The zero-order valence-corrected chi connectivity index (χ0v) is 12.7. The van der Waals surface area contributed by atoms with Crippen molar-refractivity contribution >= 4 is 11.9 Å². The van der Waals surface area contributed by atoms with Gasteiger partial charge >= 0.3 is 5.97 Å². The first kappa shape index (κ1) is 15.5. The predicted octanol–water partition coefficient (Wildman–Crippen LogP) is 2.68. The molecule has 0 aliphatic carbocycles. The van der Waals surface area contributed by atoms with Crippen molar-refractivity contribution in [3.8, 4) is 0 Å². The molecule has 1 aliphatic rings. The second-order valence-electron chi connectivity index (χ2n) is 6.44. The minimum Gasteiger partial charge on any atom is -0.481 e. The number of carbonyl (C=O) groups is 2. The van der Waals surface area contributed by atoms with Crippen LogP contribution < -0.4 is 0 Å². The Balaban J connectivity index is 2.02. The fourth-order valence-electron chi connectivity index (χ4n) is 2.89. The molecule has 1 unspecified atom stereocenters. The Kier molecular flexibility index (Phi) is 4.66. The Morgan fingerprint density at radius 1 is 1.29 bits per heavy atom. The molecule has 0 spiro atoms. The number of hydrogen-bond donors (Lipinski definition) is 1. The molecule has 1 amide bonds. The lowest BCUT2D eigenvalue weighted by Gasteiger charge is -2.34. The summed E-state index contributed by atoms with van der Waals surface area (Å²) >= 11 is 0. The van der Waals surface area contributed by atoms with E-state index in [-0.39, 0.29) is 11.3 Å². The largest absolute Gasteiger partial charge is 0.481 e. The topological polar surface area (TPSA) is 57.6 Å². The van der Waals surface area contributed by atoms with Gasteiger partial charge in [0.1, 0.15) is 0 Å². The van der Waals surface area contributed by atoms with Crippen molar-refractivity contribution < 1.29 is 14.7 Å². The molecular weight excluding hydrogens is 266 g/mol. The highest BCUT2D eigenvalue weighted by molar-refractivity contribution is 5.79. The molecule has 4 heteroatoms. The molecule has 0 aromatic heterocycles. The maximum atomic E-state index is 12.5. The molecule has 1 aromatic carbocycles. The molecule has 0 bridgehead atoms. The van der Waals surface area contributed by atoms with E-state index in [2.05, 4.69) is 13.8 Å². The monoisotopic (exact) mass is 289 g/mol. The number of aliphatic carboxylic acids is 1. The minimum atomic E-state index is -0.796. The molecule has 1 heterocycles. The average molecular weight is 289 g/mol. The van der Waals surface area contributed by atoms with Crippen LogP contribution in [0.4, 0.5) is 0 Å². The summed E-state index contributed by atoms with van der Waals surface area (Å²) in [6.45, 7) is 5.13. The normalized spacial score (nSPS) is 19.3. The van der Waals surface area contributed by atoms with E-state index >= 15 is 0 Å². The fraction of sp³-hybridized carbons (Fsp3) is 0.529. The van der Waals surface area contributed by atoms with Crippen LogP contribution in [0.1, 0.15) is 38.7 Å². The molecule has 1 atom stereocenters. The first-order valence-corrected chi connectivity index (χ1v) is 7.46. The summed E-state index contributed by atoms with van der Waals surface area (Å²) < 4.78 is 0. The fourth-order valence-corrected chi connectivity index (χ4v) is 2.89. The van der Waals surface area contributed by atoms with Crippen LogP contribution in [0, 0.1) is 5.92 Å². The molecule has 21 heavy (non-hydrogen) atoms. The van der Waals surface area contributed by atoms with Crippen LogP contribution in [0.25, 0.3) is 0 Å². The van der Waals surface area contributed by atoms with E-state index in [0.29, 0.717) is 25.9 Å². The van der Waals surface area contributed by atoms with Crippen LogP contribution in [-0.4, -0.2) is 35.0 Å². The Hall–Kier alpha value is -1.84. The second-order valence-corrected chi connectivity index (χ2v) is 6.44. The number of amides is 1. The molecule has 1 fully saturated rings. The molecular formula is C17H23NO3. The predicted molar refractivity (Wildman–Crippen MR) is 81.0 cm³/mol. The van der Waals surface area contributed by atoms with Crippen molar-refractivity contribution in [3.05, 3.63) is 35.9 Å². The number of rotatable bonds is 4. The highest BCUT2D eigenvalue weighted by Gasteiger charge is 2.31. The third-order valence-electron chi connectivity index (χ3n) is 4.27. The highest BCUT2D eigenvalue weighted by Crippen LogP contribution is 2.28. The van der Waals surface area contributed by atoms with Crippen LogP contribution in [0.2, 0.25) is 0 Å². The molecule has 1 saturated heterocycles. The van der Waals surface area contributed by atoms with Crippen molar-refractivity contribution in [1.82, 2.24) is 4.90 Å². The van der Waals surface area contributed by atoms with Crippen molar-refractivity contribution in [2.45, 2.75) is 38.5 Å². The van der Waals surface area contributed by atoms with Crippen LogP contribution in [-0.2, 0) is 15.0 Å². The van der Waals surface area contributed by atoms with Gasteiger partial charge in [-0.25, -0.2) is 0 Å². The third-order valence-corrected chi connectivity index (χ3v) is 4.27. The molecule has 0 saturated carbocycles. The van der Waals surface area contributed by atoms with Crippen LogP contribution in [0.3, 0.4) is 0 Å². The number of hydrogen-bond acceptors (Lipinski definition) is 2. The SMILES string of the molecule is CC(C)(CC(=O)N1CCCC(C(=O)O)C1)c1ccccc1. The van der Waals surface area contributed by atoms with Gasteiger partial charge in [-0.3, -0.25) is 9.59 Å². The number of benzene rings is 1. The zero-order valence-electron chi connectivity index (χ0n) is 12.7. The van der Waals surface area contributed by atoms with Crippen LogP contribution >= 0.6 is 0 Å². The summed E-state index contributed by atoms with van der Waals surface area (Å²) in [6, 6.07) is 9.97. The lowest BCUT2D eigenvalue weighted by atomic mass is 9.81. The van der Waals surface area contributed by atoms with E-state index in [1.807, 2.05) is 30.3 Å². The summed E-state index contributed by atoms with van der Waals surface area (Å²) in [6.07, 6.45) is 1.85. The summed E-state index contributed by atoms with van der Waals surface area (Å²) in [4.78, 5) is 25.3. The van der Waals surface area contributed by atoms with Gasteiger partial charge in [-0.1, -0.05) is 44.2 Å². The molecule has 2 rings (SSSR count). The van der Waals surface area contributed by atoms with E-state index in [9.17, 15) is 9.59 Å². The number of likely N-dealkylation sites (tertiary alicyclic amines) is 1. The number of nitrogens with zero attached hydrogens (tertiary/aromatic N) is 1. The molecule has 1 N–H and O–H groups in total. The Labute approximate surface area is 125 Å². The molecule has 1 aliphatic heterocycles. The molecule has 114 valence electrons. The van der Waals surface area contributed by atoms with E-state index in [1.165, 1.54) is 0 Å². The highest BCUT2D eigenvalue weighted by atomic mass is 16.4. The van der Waals surface area contributed by atoms with Gasteiger partial charge in [-0.2, -0.15) is 0 Å². The van der Waals surface area contributed by atoms with Gasteiger partial charge in [0, 0.05) is 19.5 Å². The van der Waals surface area contributed by atoms with E-state index in [4.69, 9.17) is 5.11 Å². The number of carbonyl (C=O) groups excluding carboxylic acids is 1. The average Bonchev–Trinajstić information content (AvgIpc) is 2.48. The van der Waals surface area contributed by atoms with Gasteiger partial charge in [0.25, 0.3) is 0 Å². The van der Waals surface area contributed by atoms with E-state index in [1.54, 1.807) is 4.90 Å². The van der Waals surface area contributed by atoms with Gasteiger partial charge in [0.05, 0.1) is 5.92 Å². The van der Waals surface area contributed by atoms with Gasteiger partial charge < -0.3 is 10.0 Å². The Morgan fingerprint density at radius 3 is 2.57 bits per heavy atom. The molecule has 0 radical (unpaired) electrons. The van der Waals surface area contributed by atoms with Crippen molar-refractivity contribution in [2.24, 2.45) is 5.92 Å². The van der Waals surface area contributed by atoms with Gasteiger partial charge in [-0.05, 0) is 23.8 Å². The minimum absolute atomic E-state index is 0.0507. The summed E-state index contributed by atoms with van der Waals surface area (Å²) in [5.41, 5.74) is 0.888. The van der Waals surface area contributed by atoms with E-state index in [0.717, 1.165) is 12.0 Å². The van der Waals surface area contributed by atoms with Crippen LogP contribution in [0.5, 0.6) is 0 Å². The first-order chi connectivity index (χ1) is 9.90. The second kappa shape index (κ2) is 6.29. The van der Waals surface area contributed by atoms with E-state index < -0.39 is 11.9 Å². The maximum absolute atomic E-state index is 12.5. The van der Waals surface area contributed by atoms with Crippen molar-refractivity contribution in [1.29, 1.82) is 0 Å². The lowest BCUT2D eigenvalue weighted by Crippen LogP contribution is -2.44. The maximum Gasteiger partial charge on any atom is 0.308 e. The molecule has 4 nitrogen and oxygen atoms in total. The Morgan fingerprint density at radius 2 is 1.95 bits per heavy atom. The standard InChI is InChI=1S/C17H23NO3/c1-17(2,14-8-4-3-5-9-14)11-15(19)18-10-6-7-13(12-18)16(20)21/h3-5,8-9,13H,6-7,10-12H2,1-2H3,(H,20,21). The van der Waals surface area contributed by atoms with Crippen molar-refractivity contribution in [3.63, 3.8) is 0 Å². The zero-order chi connectivity index (χ0) is 15.5. The quantitative estimate of drug-likeness (QED) is 0.927. The van der Waals surface area contributed by atoms with Crippen molar-refractivity contribution in [2.75, 3.05) is 13.1 Å². The first-order valence-electron chi connectivity index (χ1n) is 7.46. The molecule has 1 aromatic rings. The van der Waals surface area contributed by atoms with Gasteiger partial charge in [0.2, 0.25) is 5.91 Å². The lowest BCUT2D eigenvalue weighted by molar-refractivity contribution is -0.145.